The summed E-state index contributed by atoms with van der Waals surface area (Å²) in [5.74, 6) is 0. The number of hydrogen-bond donors (Lipinski definition) is 1. The molecule has 1 heterocycles. The Labute approximate surface area is 164 Å². The molecular formula is C21H35NO4Si. The molecule has 2 atom stereocenters. The molecule has 152 valence electrons. The first-order valence-electron chi connectivity index (χ1n) is 9.92. The second kappa shape index (κ2) is 9.71. The molecule has 0 unspecified atom stereocenters. The fourth-order valence-electron chi connectivity index (χ4n) is 2.57. The summed E-state index contributed by atoms with van der Waals surface area (Å²) in [5.41, 5.74) is 0.981. The van der Waals surface area contributed by atoms with E-state index < -0.39 is 8.32 Å². The van der Waals surface area contributed by atoms with Gasteiger partial charge in [-0.05, 0) is 43.0 Å². The minimum absolute atomic E-state index is 0.0149. The largest absolute Gasteiger partial charge is 0.445 e. The molecule has 27 heavy (non-hydrogen) atoms. The van der Waals surface area contributed by atoms with Gasteiger partial charge in [-0.25, -0.2) is 4.79 Å². The van der Waals surface area contributed by atoms with Gasteiger partial charge >= 0.3 is 6.09 Å². The number of ether oxygens (including phenoxy) is 2. The van der Waals surface area contributed by atoms with Crippen LogP contribution in [0.4, 0.5) is 4.79 Å². The van der Waals surface area contributed by atoms with Crippen LogP contribution >= 0.6 is 0 Å². The highest BCUT2D eigenvalue weighted by atomic mass is 28.4. The average Bonchev–Trinajstić information content (AvgIpc) is 3.43. The Morgan fingerprint density at radius 3 is 2.52 bits per heavy atom. The highest BCUT2D eigenvalue weighted by molar-refractivity contribution is 6.74. The van der Waals surface area contributed by atoms with Crippen LogP contribution in [0.3, 0.4) is 0 Å². The Hall–Kier alpha value is -1.37. The van der Waals surface area contributed by atoms with E-state index in [1.165, 1.54) is 0 Å². The van der Waals surface area contributed by atoms with Crippen molar-refractivity contribution in [2.45, 2.75) is 76.9 Å². The van der Waals surface area contributed by atoms with Gasteiger partial charge in [0, 0.05) is 6.61 Å². The fraction of sp³-hybridized carbons (Fsp3) is 0.667. The van der Waals surface area contributed by atoms with Crippen molar-refractivity contribution in [2.75, 3.05) is 13.2 Å². The molecule has 6 heteroatoms. The number of carbonyl (C=O) groups is 1. The van der Waals surface area contributed by atoms with Crippen molar-refractivity contribution in [3.63, 3.8) is 0 Å². The van der Waals surface area contributed by atoms with Crippen molar-refractivity contribution >= 4 is 14.4 Å². The molecule has 1 aromatic carbocycles. The molecule has 1 aromatic rings. The molecule has 1 aliphatic heterocycles. The minimum atomic E-state index is -1.68. The number of hydrogen-bond acceptors (Lipinski definition) is 4. The van der Waals surface area contributed by atoms with E-state index in [1.807, 2.05) is 30.3 Å². The number of rotatable bonds is 10. The number of alkyl carbamates (subject to hydrolysis) is 1. The average molecular weight is 394 g/mol. The number of amides is 1. The molecule has 0 spiro atoms. The van der Waals surface area contributed by atoms with Crippen LogP contribution < -0.4 is 5.32 Å². The summed E-state index contributed by atoms with van der Waals surface area (Å²) in [6.45, 7) is 13.1. The number of carbonyl (C=O) groups excluding carboxylic acids is 1. The first-order chi connectivity index (χ1) is 12.7. The second-order valence-electron chi connectivity index (χ2n) is 8.79. The summed E-state index contributed by atoms with van der Waals surface area (Å²) < 4.78 is 16.9. The maximum Gasteiger partial charge on any atom is 0.407 e. The van der Waals surface area contributed by atoms with Gasteiger partial charge in [0.2, 0.25) is 0 Å². The van der Waals surface area contributed by atoms with Gasteiger partial charge in [-0.2, -0.15) is 0 Å². The zero-order valence-corrected chi connectivity index (χ0v) is 18.4. The Balaban J connectivity index is 1.66. The third-order valence-electron chi connectivity index (χ3n) is 5.50. The zero-order valence-electron chi connectivity index (χ0n) is 17.4. The SMILES string of the molecule is CC(C)(C)[Si](C)(C)OCCCC[C@H](NC(=O)OCc1ccccc1)[C@H]1CO1. The first kappa shape index (κ1) is 21.9. The molecule has 0 bridgehead atoms. The number of nitrogens with one attached hydrogen (secondary N) is 1. The molecule has 5 nitrogen and oxygen atoms in total. The van der Waals surface area contributed by atoms with Crippen molar-refractivity contribution in [1.82, 2.24) is 5.32 Å². The molecule has 0 aromatic heterocycles. The van der Waals surface area contributed by atoms with Crippen molar-refractivity contribution in [3.8, 4) is 0 Å². The fourth-order valence-corrected chi connectivity index (χ4v) is 3.65. The number of unbranched alkanes of at least 4 members (excludes halogenated alkanes) is 1. The van der Waals surface area contributed by atoms with Crippen LogP contribution in [0, 0.1) is 0 Å². The molecule has 1 fully saturated rings. The van der Waals surface area contributed by atoms with Gasteiger partial charge in [-0.15, -0.1) is 0 Å². The lowest BCUT2D eigenvalue weighted by Gasteiger charge is -2.36. The maximum absolute atomic E-state index is 12.1. The molecule has 1 amide bonds. The summed E-state index contributed by atoms with van der Waals surface area (Å²) in [4.78, 5) is 12.1. The van der Waals surface area contributed by atoms with Crippen LogP contribution in [0.15, 0.2) is 30.3 Å². The predicted octanol–water partition coefficient (Wildman–Crippen LogP) is 4.87. The van der Waals surface area contributed by atoms with Gasteiger partial charge in [0.1, 0.15) is 12.7 Å². The lowest BCUT2D eigenvalue weighted by Crippen LogP contribution is -2.41. The molecule has 1 aliphatic rings. The van der Waals surface area contributed by atoms with E-state index in [9.17, 15) is 4.79 Å². The molecule has 1 N–H and O–H groups in total. The summed E-state index contributed by atoms with van der Waals surface area (Å²) in [6, 6.07) is 9.71. The molecular weight excluding hydrogens is 358 g/mol. The van der Waals surface area contributed by atoms with E-state index in [1.54, 1.807) is 0 Å². The van der Waals surface area contributed by atoms with Gasteiger partial charge in [-0.3, -0.25) is 0 Å². The van der Waals surface area contributed by atoms with E-state index in [2.05, 4.69) is 39.2 Å². The standard InChI is InChI=1S/C21H35NO4Si/c1-21(2,3)27(4,5)26-14-10-9-13-18(19-16-24-19)22-20(23)25-15-17-11-7-6-8-12-17/h6-8,11-12,18-19H,9-10,13-16H2,1-5H3,(H,22,23)/t18-,19+/m0/s1. The van der Waals surface area contributed by atoms with E-state index in [4.69, 9.17) is 13.9 Å². The molecule has 0 aliphatic carbocycles. The monoisotopic (exact) mass is 393 g/mol. The van der Waals surface area contributed by atoms with E-state index in [-0.39, 0.29) is 29.9 Å². The predicted molar refractivity (Wildman–Crippen MR) is 110 cm³/mol. The first-order valence-corrected chi connectivity index (χ1v) is 12.8. The van der Waals surface area contributed by atoms with E-state index >= 15 is 0 Å². The Bertz CT molecular complexity index is 582. The quantitative estimate of drug-likeness (QED) is 0.350. The van der Waals surface area contributed by atoms with Gasteiger partial charge in [0.05, 0.1) is 12.6 Å². The van der Waals surface area contributed by atoms with Crippen LogP contribution in [0.2, 0.25) is 18.1 Å². The number of benzene rings is 1. The van der Waals surface area contributed by atoms with Crippen LogP contribution in [-0.2, 0) is 20.5 Å². The summed E-state index contributed by atoms with van der Waals surface area (Å²) >= 11 is 0. The van der Waals surface area contributed by atoms with Gasteiger partial charge in [-0.1, -0.05) is 51.1 Å². The van der Waals surface area contributed by atoms with Crippen LogP contribution in [0.5, 0.6) is 0 Å². The normalized spacial score (nSPS) is 18.0. The Morgan fingerprint density at radius 1 is 1.26 bits per heavy atom. The second-order valence-corrected chi connectivity index (χ2v) is 13.6. The molecule has 0 radical (unpaired) electrons. The summed E-state index contributed by atoms with van der Waals surface area (Å²) in [6.07, 6.45) is 2.62. The van der Waals surface area contributed by atoms with Crippen LogP contribution in [-0.4, -0.2) is 39.8 Å². The third kappa shape index (κ3) is 7.64. The molecule has 0 saturated carbocycles. The molecule has 2 rings (SSSR count). The van der Waals surface area contributed by atoms with Gasteiger partial charge in [0.15, 0.2) is 8.32 Å². The van der Waals surface area contributed by atoms with Crippen molar-refractivity contribution in [1.29, 1.82) is 0 Å². The van der Waals surface area contributed by atoms with Gasteiger partial charge in [0.25, 0.3) is 0 Å². The third-order valence-corrected chi connectivity index (χ3v) is 10.0. The van der Waals surface area contributed by atoms with E-state index in [0.29, 0.717) is 6.61 Å². The van der Waals surface area contributed by atoms with E-state index in [0.717, 1.165) is 31.4 Å². The highest BCUT2D eigenvalue weighted by Gasteiger charge is 2.37. The van der Waals surface area contributed by atoms with Crippen LogP contribution in [0.25, 0.3) is 0 Å². The highest BCUT2D eigenvalue weighted by Crippen LogP contribution is 2.36. The van der Waals surface area contributed by atoms with Crippen molar-refractivity contribution in [2.24, 2.45) is 0 Å². The minimum Gasteiger partial charge on any atom is -0.445 e. The summed E-state index contributed by atoms with van der Waals surface area (Å²) in [7, 11) is -1.68. The number of epoxide rings is 1. The zero-order chi connectivity index (χ0) is 19.9. The van der Waals surface area contributed by atoms with Crippen molar-refractivity contribution < 1.29 is 18.7 Å². The summed E-state index contributed by atoms with van der Waals surface area (Å²) in [5, 5.41) is 3.20. The topological polar surface area (TPSA) is 60.1 Å². The lowest BCUT2D eigenvalue weighted by molar-refractivity contribution is 0.132. The van der Waals surface area contributed by atoms with Crippen molar-refractivity contribution in [3.05, 3.63) is 35.9 Å². The Morgan fingerprint density at radius 2 is 1.93 bits per heavy atom. The maximum atomic E-state index is 12.1. The molecule has 1 saturated heterocycles. The van der Waals surface area contributed by atoms with Crippen LogP contribution in [0.1, 0.15) is 45.6 Å². The lowest BCUT2D eigenvalue weighted by atomic mass is 10.1. The Kier molecular flexibility index (Phi) is 7.88. The smallest absolute Gasteiger partial charge is 0.407 e. The van der Waals surface area contributed by atoms with Gasteiger partial charge < -0.3 is 19.2 Å².